The van der Waals surface area contributed by atoms with Crippen LogP contribution in [0.3, 0.4) is 0 Å². The van der Waals surface area contributed by atoms with Crippen LogP contribution in [0.1, 0.15) is 30.5 Å². The zero-order chi connectivity index (χ0) is 13.7. The van der Waals surface area contributed by atoms with Gasteiger partial charge in [-0.25, -0.2) is 8.78 Å². The highest BCUT2D eigenvalue weighted by Gasteiger charge is 2.18. The third-order valence-electron chi connectivity index (χ3n) is 3.02. The molecule has 19 heavy (non-hydrogen) atoms. The zero-order valence-corrected chi connectivity index (χ0v) is 10.8. The molecule has 0 fully saturated rings. The van der Waals surface area contributed by atoms with Crippen LogP contribution in [0, 0.1) is 11.6 Å². The molecule has 1 N–H and O–H groups in total. The van der Waals surface area contributed by atoms with Crippen molar-refractivity contribution in [1.29, 1.82) is 0 Å². The van der Waals surface area contributed by atoms with Crippen molar-refractivity contribution in [2.45, 2.75) is 25.8 Å². The van der Waals surface area contributed by atoms with Crippen molar-refractivity contribution in [1.82, 2.24) is 5.32 Å². The van der Waals surface area contributed by atoms with E-state index in [1.807, 2.05) is 13.0 Å². The minimum Gasteiger partial charge on any atom is -0.472 e. The molecule has 0 bridgehead atoms. The van der Waals surface area contributed by atoms with Gasteiger partial charge < -0.3 is 9.73 Å². The molecule has 1 atom stereocenters. The Morgan fingerprint density at radius 3 is 2.79 bits per heavy atom. The van der Waals surface area contributed by atoms with Gasteiger partial charge in [0.1, 0.15) is 0 Å². The third kappa shape index (κ3) is 3.41. The van der Waals surface area contributed by atoms with E-state index < -0.39 is 11.6 Å². The van der Waals surface area contributed by atoms with Gasteiger partial charge in [0.25, 0.3) is 0 Å². The van der Waals surface area contributed by atoms with E-state index in [0.29, 0.717) is 12.0 Å². The second kappa shape index (κ2) is 6.48. The largest absolute Gasteiger partial charge is 0.472 e. The molecule has 0 saturated heterocycles. The second-order valence-corrected chi connectivity index (χ2v) is 4.49. The molecule has 0 aliphatic rings. The summed E-state index contributed by atoms with van der Waals surface area (Å²) in [5.41, 5.74) is 1.31. The fraction of sp³-hybridized carbons (Fsp3) is 0.333. The van der Waals surface area contributed by atoms with Gasteiger partial charge in [-0.1, -0.05) is 19.1 Å². The van der Waals surface area contributed by atoms with Crippen molar-refractivity contribution < 1.29 is 13.2 Å². The van der Waals surface area contributed by atoms with E-state index in [-0.39, 0.29) is 6.04 Å². The number of halogens is 2. The SMILES string of the molecule is CCCNC(Cc1ccoc1)c1cccc(F)c1F. The average molecular weight is 265 g/mol. The molecule has 2 rings (SSSR count). The third-order valence-corrected chi connectivity index (χ3v) is 3.02. The first-order chi connectivity index (χ1) is 9.22. The van der Waals surface area contributed by atoms with E-state index in [1.165, 1.54) is 6.07 Å². The highest BCUT2D eigenvalue weighted by molar-refractivity contribution is 5.24. The smallest absolute Gasteiger partial charge is 0.163 e. The quantitative estimate of drug-likeness (QED) is 0.858. The van der Waals surface area contributed by atoms with E-state index in [2.05, 4.69) is 5.32 Å². The van der Waals surface area contributed by atoms with Gasteiger partial charge in [0.2, 0.25) is 0 Å². The molecule has 0 spiro atoms. The van der Waals surface area contributed by atoms with Crippen LogP contribution >= 0.6 is 0 Å². The van der Waals surface area contributed by atoms with Crippen molar-refractivity contribution in [3.8, 4) is 0 Å². The lowest BCUT2D eigenvalue weighted by Crippen LogP contribution is -2.25. The van der Waals surface area contributed by atoms with Crippen LogP contribution in [-0.4, -0.2) is 6.54 Å². The van der Waals surface area contributed by atoms with E-state index in [4.69, 9.17) is 4.42 Å². The van der Waals surface area contributed by atoms with E-state index in [1.54, 1.807) is 18.6 Å². The number of rotatable bonds is 6. The molecule has 0 aliphatic carbocycles. The topological polar surface area (TPSA) is 25.2 Å². The van der Waals surface area contributed by atoms with Gasteiger partial charge >= 0.3 is 0 Å². The van der Waals surface area contributed by atoms with Gasteiger partial charge in [-0.05, 0) is 37.1 Å². The molecule has 102 valence electrons. The molecule has 1 heterocycles. The minimum absolute atomic E-state index is 0.256. The van der Waals surface area contributed by atoms with Crippen LogP contribution in [0.25, 0.3) is 0 Å². The number of hydrogen-bond donors (Lipinski definition) is 1. The maximum absolute atomic E-state index is 13.9. The number of benzene rings is 1. The summed E-state index contributed by atoms with van der Waals surface area (Å²) in [6, 6.07) is 5.86. The number of furan rings is 1. The molecule has 1 unspecified atom stereocenters. The monoisotopic (exact) mass is 265 g/mol. The Morgan fingerprint density at radius 1 is 1.26 bits per heavy atom. The molecule has 1 aromatic heterocycles. The first-order valence-electron chi connectivity index (χ1n) is 6.40. The summed E-state index contributed by atoms with van der Waals surface area (Å²) in [4.78, 5) is 0. The predicted octanol–water partition coefficient (Wildman–Crippen LogP) is 3.84. The molecule has 0 saturated carbocycles. The van der Waals surface area contributed by atoms with Crippen LogP contribution in [0.2, 0.25) is 0 Å². The lowest BCUT2D eigenvalue weighted by molar-refractivity contribution is 0.458. The lowest BCUT2D eigenvalue weighted by Gasteiger charge is -2.19. The first-order valence-corrected chi connectivity index (χ1v) is 6.40. The van der Waals surface area contributed by atoms with Crippen molar-refractivity contribution in [2.75, 3.05) is 6.54 Å². The minimum atomic E-state index is -0.812. The number of nitrogens with one attached hydrogen (secondary N) is 1. The average Bonchev–Trinajstić information content (AvgIpc) is 2.91. The second-order valence-electron chi connectivity index (χ2n) is 4.49. The maximum atomic E-state index is 13.9. The molecule has 4 heteroatoms. The van der Waals surface area contributed by atoms with Crippen LogP contribution in [-0.2, 0) is 6.42 Å². The summed E-state index contributed by atoms with van der Waals surface area (Å²) in [7, 11) is 0. The van der Waals surface area contributed by atoms with Gasteiger partial charge in [0.05, 0.1) is 12.5 Å². The highest BCUT2D eigenvalue weighted by Crippen LogP contribution is 2.23. The van der Waals surface area contributed by atoms with Gasteiger partial charge in [-0.2, -0.15) is 0 Å². The zero-order valence-electron chi connectivity index (χ0n) is 10.8. The summed E-state index contributed by atoms with van der Waals surface area (Å²) >= 11 is 0. The Balaban J connectivity index is 2.23. The van der Waals surface area contributed by atoms with E-state index in [0.717, 1.165) is 24.6 Å². The molecular weight excluding hydrogens is 248 g/mol. The maximum Gasteiger partial charge on any atom is 0.163 e. The molecule has 2 nitrogen and oxygen atoms in total. The normalized spacial score (nSPS) is 12.6. The standard InChI is InChI=1S/C15H17F2NO/c1-2-7-18-14(9-11-6-8-19-10-11)12-4-3-5-13(16)15(12)17/h3-6,8,10,14,18H,2,7,9H2,1H3. The fourth-order valence-corrected chi connectivity index (χ4v) is 2.04. The van der Waals surface area contributed by atoms with Gasteiger partial charge in [0, 0.05) is 11.6 Å². The molecule has 0 radical (unpaired) electrons. The Labute approximate surface area is 111 Å². The Morgan fingerprint density at radius 2 is 2.11 bits per heavy atom. The Kier molecular flexibility index (Phi) is 4.68. The van der Waals surface area contributed by atoms with Crippen LogP contribution < -0.4 is 5.32 Å². The number of hydrogen-bond acceptors (Lipinski definition) is 2. The molecular formula is C15H17F2NO. The highest BCUT2D eigenvalue weighted by atomic mass is 19.2. The van der Waals surface area contributed by atoms with Crippen LogP contribution in [0.5, 0.6) is 0 Å². The van der Waals surface area contributed by atoms with E-state index in [9.17, 15) is 8.78 Å². The van der Waals surface area contributed by atoms with Gasteiger partial charge in [-0.3, -0.25) is 0 Å². The van der Waals surface area contributed by atoms with Crippen LogP contribution in [0.4, 0.5) is 8.78 Å². The van der Waals surface area contributed by atoms with Gasteiger partial charge in [0.15, 0.2) is 11.6 Å². The van der Waals surface area contributed by atoms with Crippen molar-refractivity contribution in [2.24, 2.45) is 0 Å². The van der Waals surface area contributed by atoms with Crippen molar-refractivity contribution in [3.05, 3.63) is 59.6 Å². The summed E-state index contributed by atoms with van der Waals surface area (Å²) < 4.78 is 32.2. The molecule has 2 aromatic rings. The first kappa shape index (κ1) is 13.7. The lowest BCUT2D eigenvalue weighted by atomic mass is 9.99. The molecule has 1 aromatic carbocycles. The fourth-order valence-electron chi connectivity index (χ4n) is 2.04. The Hall–Kier alpha value is -1.68. The predicted molar refractivity (Wildman–Crippen MR) is 69.8 cm³/mol. The Bertz CT molecular complexity index is 511. The summed E-state index contributed by atoms with van der Waals surface area (Å²) in [5.74, 6) is -1.59. The molecule has 0 amide bonds. The van der Waals surface area contributed by atoms with Crippen LogP contribution in [0.15, 0.2) is 41.2 Å². The van der Waals surface area contributed by atoms with E-state index >= 15 is 0 Å². The summed E-state index contributed by atoms with van der Waals surface area (Å²) in [6.07, 6.45) is 4.70. The summed E-state index contributed by atoms with van der Waals surface area (Å²) in [5, 5.41) is 3.24. The van der Waals surface area contributed by atoms with Crippen molar-refractivity contribution in [3.63, 3.8) is 0 Å². The summed E-state index contributed by atoms with van der Waals surface area (Å²) in [6.45, 7) is 2.78. The van der Waals surface area contributed by atoms with Gasteiger partial charge in [-0.15, -0.1) is 0 Å². The van der Waals surface area contributed by atoms with Crippen molar-refractivity contribution >= 4 is 0 Å². The molecule has 0 aliphatic heterocycles.